The van der Waals surface area contributed by atoms with Gasteiger partial charge in [0, 0.05) is 38.1 Å². The molecule has 10 aromatic rings. The molecule has 3 aromatic heterocycles. The van der Waals surface area contributed by atoms with Gasteiger partial charge in [-0.1, -0.05) is 135 Å². The van der Waals surface area contributed by atoms with E-state index in [4.69, 9.17) is 19.4 Å². The maximum absolute atomic E-state index is 6.34. The fourth-order valence-corrected chi connectivity index (χ4v) is 8.59. The normalized spacial score (nSPS) is 13.2. The minimum atomic E-state index is -0.289. The van der Waals surface area contributed by atoms with Crippen LogP contribution in [0, 0.1) is 0 Å². The molecule has 0 saturated heterocycles. The summed E-state index contributed by atoms with van der Waals surface area (Å²) in [6.07, 6.45) is 0. The lowest BCUT2D eigenvalue weighted by Crippen LogP contribution is -2.15. The van der Waals surface area contributed by atoms with Gasteiger partial charge in [0.2, 0.25) is 5.95 Å². The van der Waals surface area contributed by atoms with Crippen LogP contribution < -0.4 is 0 Å². The first-order valence-electron chi connectivity index (χ1n) is 18.0. The van der Waals surface area contributed by atoms with Crippen LogP contribution in [0.25, 0.3) is 94.7 Å². The topological polar surface area (TPSA) is 56.7 Å². The van der Waals surface area contributed by atoms with Crippen molar-refractivity contribution in [1.82, 2.24) is 19.5 Å². The molecule has 5 heteroatoms. The lowest BCUT2D eigenvalue weighted by atomic mass is 9.80. The Bertz CT molecular complexity index is 3040. The van der Waals surface area contributed by atoms with Crippen molar-refractivity contribution in [2.24, 2.45) is 0 Å². The third-order valence-electron chi connectivity index (χ3n) is 11.0. The molecule has 5 nitrogen and oxygen atoms in total. The van der Waals surface area contributed by atoms with Crippen LogP contribution >= 0.6 is 0 Å². The van der Waals surface area contributed by atoms with Crippen molar-refractivity contribution in [3.8, 4) is 51.0 Å². The molecule has 1 aliphatic carbocycles. The summed E-state index contributed by atoms with van der Waals surface area (Å²) in [5.74, 6) is 1.84. The number of rotatable bonds is 4. The Morgan fingerprint density at radius 2 is 1.08 bits per heavy atom. The standard InChI is InChI=1S/C48H32N4O/c1-48(2)38-28-32(23-24-33(38)36-25-26-42-43(44(36)48)37-19-8-11-22-41(37)53-42)46-49-45(31-16-12-15-30(27-31)29-13-4-3-5-14-29)50-47(51-46)52-39-20-9-6-17-34(39)35-18-7-10-21-40(35)52/h3-28H,1-2H3. The smallest absolute Gasteiger partial charge is 0.238 e. The van der Waals surface area contributed by atoms with Crippen LogP contribution in [0.15, 0.2) is 162 Å². The summed E-state index contributed by atoms with van der Waals surface area (Å²) in [5, 5.41) is 4.66. The summed E-state index contributed by atoms with van der Waals surface area (Å²) in [4.78, 5) is 15.7. The molecule has 0 bridgehead atoms. The first kappa shape index (κ1) is 29.8. The van der Waals surface area contributed by atoms with Gasteiger partial charge in [0.25, 0.3) is 0 Å². The quantitative estimate of drug-likeness (QED) is 0.186. The Hall–Kier alpha value is -6.85. The summed E-state index contributed by atoms with van der Waals surface area (Å²) in [6.45, 7) is 4.64. The largest absolute Gasteiger partial charge is 0.456 e. The Labute approximate surface area is 305 Å². The predicted octanol–water partition coefficient (Wildman–Crippen LogP) is 12.2. The summed E-state index contributed by atoms with van der Waals surface area (Å²) >= 11 is 0. The van der Waals surface area contributed by atoms with Crippen molar-refractivity contribution >= 4 is 43.7 Å². The molecule has 0 amide bonds. The van der Waals surface area contributed by atoms with Crippen LogP contribution in [0.4, 0.5) is 0 Å². The van der Waals surface area contributed by atoms with Crippen LogP contribution in [-0.2, 0) is 5.41 Å². The summed E-state index contributed by atoms with van der Waals surface area (Å²) in [5.41, 5.74) is 12.8. The number of furan rings is 1. The zero-order valence-electron chi connectivity index (χ0n) is 29.2. The van der Waals surface area contributed by atoms with Gasteiger partial charge < -0.3 is 4.42 Å². The van der Waals surface area contributed by atoms with Crippen molar-refractivity contribution in [2.75, 3.05) is 0 Å². The molecule has 11 rings (SSSR count). The van der Waals surface area contributed by atoms with Gasteiger partial charge in [-0.3, -0.25) is 4.57 Å². The third-order valence-corrected chi connectivity index (χ3v) is 11.0. The number of benzene rings is 7. The van der Waals surface area contributed by atoms with E-state index in [1.54, 1.807) is 0 Å². The molecular formula is C48H32N4O. The molecule has 53 heavy (non-hydrogen) atoms. The average molecular weight is 681 g/mol. The lowest BCUT2D eigenvalue weighted by Gasteiger charge is -2.23. The van der Waals surface area contributed by atoms with E-state index in [1.165, 1.54) is 27.6 Å². The van der Waals surface area contributed by atoms with Crippen molar-refractivity contribution in [3.05, 3.63) is 169 Å². The minimum absolute atomic E-state index is 0.289. The lowest BCUT2D eigenvalue weighted by molar-refractivity contribution is 0.657. The SMILES string of the molecule is CC1(C)c2cc(-c3nc(-c4cccc(-c5ccccc5)c4)nc(-n4c5ccccc5c5ccccc54)n3)ccc2-c2ccc3oc4ccccc4c3c21. The molecule has 0 saturated carbocycles. The van der Waals surface area contributed by atoms with E-state index < -0.39 is 0 Å². The molecule has 0 fully saturated rings. The van der Waals surface area contributed by atoms with Crippen LogP contribution in [0.2, 0.25) is 0 Å². The van der Waals surface area contributed by atoms with Crippen LogP contribution in [0.1, 0.15) is 25.0 Å². The zero-order valence-corrected chi connectivity index (χ0v) is 29.2. The number of fused-ring (bicyclic) bond motifs is 10. The molecule has 7 aromatic carbocycles. The molecule has 3 heterocycles. The Morgan fingerprint density at radius 1 is 0.472 bits per heavy atom. The van der Waals surface area contributed by atoms with Crippen molar-refractivity contribution in [1.29, 1.82) is 0 Å². The van der Waals surface area contributed by atoms with E-state index in [9.17, 15) is 0 Å². The van der Waals surface area contributed by atoms with Crippen LogP contribution in [0.3, 0.4) is 0 Å². The number of nitrogens with zero attached hydrogens (tertiary/aromatic N) is 4. The summed E-state index contributed by atoms with van der Waals surface area (Å²) < 4.78 is 8.51. The van der Waals surface area contributed by atoms with Crippen LogP contribution in [0.5, 0.6) is 0 Å². The molecule has 0 aliphatic heterocycles. The van der Waals surface area contributed by atoms with E-state index in [-0.39, 0.29) is 5.41 Å². The Morgan fingerprint density at radius 3 is 1.83 bits per heavy atom. The maximum Gasteiger partial charge on any atom is 0.238 e. The third kappa shape index (κ3) is 4.40. The first-order chi connectivity index (χ1) is 26.0. The molecular weight excluding hydrogens is 649 g/mol. The van der Waals surface area contributed by atoms with Crippen molar-refractivity contribution in [2.45, 2.75) is 19.3 Å². The minimum Gasteiger partial charge on any atom is -0.456 e. The van der Waals surface area contributed by atoms with Gasteiger partial charge in [-0.05, 0) is 69.8 Å². The number of aromatic nitrogens is 4. The number of hydrogen-bond donors (Lipinski definition) is 0. The highest BCUT2D eigenvalue weighted by Gasteiger charge is 2.38. The molecule has 0 spiro atoms. The number of hydrogen-bond acceptors (Lipinski definition) is 4. The second-order valence-corrected chi connectivity index (χ2v) is 14.4. The highest BCUT2D eigenvalue weighted by molar-refractivity contribution is 6.11. The second kappa shape index (κ2) is 11.1. The van der Waals surface area contributed by atoms with Gasteiger partial charge >= 0.3 is 0 Å². The van der Waals surface area contributed by atoms with Gasteiger partial charge in [0.1, 0.15) is 11.2 Å². The van der Waals surface area contributed by atoms with Crippen LogP contribution in [-0.4, -0.2) is 19.5 Å². The van der Waals surface area contributed by atoms with Gasteiger partial charge in [-0.15, -0.1) is 0 Å². The van der Waals surface area contributed by atoms with E-state index in [0.717, 1.165) is 60.6 Å². The summed E-state index contributed by atoms with van der Waals surface area (Å²) in [6, 6.07) is 55.2. The molecule has 0 radical (unpaired) electrons. The highest BCUT2D eigenvalue weighted by Crippen LogP contribution is 2.53. The maximum atomic E-state index is 6.34. The van der Waals surface area contributed by atoms with Crippen molar-refractivity contribution in [3.63, 3.8) is 0 Å². The monoisotopic (exact) mass is 680 g/mol. The zero-order chi connectivity index (χ0) is 35.3. The number of para-hydroxylation sites is 3. The summed E-state index contributed by atoms with van der Waals surface area (Å²) in [7, 11) is 0. The fourth-order valence-electron chi connectivity index (χ4n) is 8.59. The average Bonchev–Trinajstić information content (AvgIpc) is 3.83. The molecule has 250 valence electrons. The van der Waals surface area contributed by atoms with E-state index in [0.29, 0.717) is 17.6 Å². The Kier molecular flexibility index (Phi) is 6.23. The molecule has 0 N–H and O–H groups in total. The van der Waals surface area contributed by atoms with Gasteiger partial charge in [-0.2, -0.15) is 9.97 Å². The van der Waals surface area contributed by atoms with E-state index in [1.807, 2.05) is 12.1 Å². The first-order valence-corrected chi connectivity index (χ1v) is 18.0. The highest BCUT2D eigenvalue weighted by atomic mass is 16.3. The van der Waals surface area contributed by atoms with Gasteiger partial charge in [0.05, 0.1) is 11.0 Å². The second-order valence-electron chi connectivity index (χ2n) is 14.4. The van der Waals surface area contributed by atoms with Gasteiger partial charge in [0.15, 0.2) is 11.6 Å². The predicted molar refractivity (Wildman–Crippen MR) is 215 cm³/mol. The van der Waals surface area contributed by atoms with Gasteiger partial charge in [-0.25, -0.2) is 4.98 Å². The Balaban J connectivity index is 1.14. The molecule has 0 unspecified atom stereocenters. The molecule has 0 atom stereocenters. The van der Waals surface area contributed by atoms with E-state index in [2.05, 4.69) is 164 Å². The van der Waals surface area contributed by atoms with E-state index >= 15 is 0 Å². The fraction of sp³-hybridized carbons (Fsp3) is 0.0625. The molecule has 1 aliphatic rings. The van der Waals surface area contributed by atoms with Crippen molar-refractivity contribution < 1.29 is 4.42 Å².